The highest BCUT2D eigenvalue weighted by molar-refractivity contribution is 5.88. The zero-order chi connectivity index (χ0) is 18.0. The summed E-state index contributed by atoms with van der Waals surface area (Å²) in [5.74, 6) is -0.172. The first-order chi connectivity index (χ1) is 12.0. The number of aryl methyl sites for hydroxylation is 1. The highest BCUT2D eigenvalue weighted by Crippen LogP contribution is 2.30. The largest absolute Gasteiger partial charge is 0.426 e. The van der Waals surface area contributed by atoms with Crippen LogP contribution >= 0.6 is 0 Å². The van der Waals surface area contributed by atoms with Crippen LogP contribution < -0.4 is 4.74 Å². The van der Waals surface area contributed by atoms with Crippen LogP contribution in [0.4, 0.5) is 0 Å². The van der Waals surface area contributed by atoms with Crippen LogP contribution in [0.5, 0.6) is 5.75 Å². The lowest BCUT2D eigenvalue weighted by atomic mass is 10.1. The Labute approximate surface area is 148 Å². The molecule has 4 nitrogen and oxygen atoms in total. The number of carbonyl (C=O) groups excluding carboxylic acids is 2. The summed E-state index contributed by atoms with van der Waals surface area (Å²) in [4.78, 5) is 26.7. The van der Waals surface area contributed by atoms with Gasteiger partial charge in [0.1, 0.15) is 5.75 Å². The Morgan fingerprint density at radius 1 is 1.12 bits per heavy atom. The molecule has 1 heterocycles. The van der Waals surface area contributed by atoms with Gasteiger partial charge in [0.15, 0.2) is 0 Å². The third-order valence-corrected chi connectivity index (χ3v) is 5.01. The van der Waals surface area contributed by atoms with Crippen molar-refractivity contribution in [2.45, 2.75) is 33.2 Å². The van der Waals surface area contributed by atoms with E-state index in [1.165, 1.54) is 0 Å². The number of likely N-dealkylation sites (tertiary alicyclic amines) is 1. The molecule has 2 aromatic rings. The molecule has 1 fully saturated rings. The number of benzene rings is 2. The number of hydrogen-bond acceptors (Lipinski definition) is 3. The lowest BCUT2D eigenvalue weighted by Gasteiger charge is -2.25. The van der Waals surface area contributed by atoms with Crippen LogP contribution in [0, 0.1) is 19.8 Å². The maximum absolute atomic E-state index is 12.5. The van der Waals surface area contributed by atoms with Gasteiger partial charge in [-0.3, -0.25) is 9.59 Å². The number of ether oxygens (including phenoxy) is 1. The zero-order valence-corrected chi connectivity index (χ0v) is 14.9. The maximum Gasteiger partial charge on any atom is 0.316 e. The van der Waals surface area contributed by atoms with Crippen LogP contribution in [0.15, 0.2) is 48.5 Å². The van der Waals surface area contributed by atoms with Gasteiger partial charge in [-0.15, -0.1) is 0 Å². The number of carbonyl (C=O) groups is 2. The predicted octanol–water partition coefficient (Wildman–Crippen LogP) is 3.82. The Kier molecular flexibility index (Phi) is 4.88. The first kappa shape index (κ1) is 17.2. The average Bonchev–Trinajstić information content (AvgIpc) is 3.01. The van der Waals surface area contributed by atoms with Crippen molar-refractivity contribution in [2.75, 3.05) is 6.54 Å². The topological polar surface area (TPSA) is 46.6 Å². The van der Waals surface area contributed by atoms with Crippen molar-refractivity contribution in [1.29, 1.82) is 0 Å². The highest BCUT2D eigenvalue weighted by atomic mass is 16.5. The molecule has 0 aliphatic carbocycles. The average molecular weight is 337 g/mol. The first-order valence-electron chi connectivity index (χ1n) is 8.59. The molecule has 25 heavy (non-hydrogen) atoms. The van der Waals surface area contributed by atoms with Gasteiger partial charge in [-0.25, -0.2) is 0 Å². The minimum atomic E-state index is -0.418. The van der Waals surface area contributed by atoms with Gasteiger partial charge in [0.05, 0.1) is 12.0 Å². The molecule has 0 aromatic heterocycles. The molecule has 0 unspecified atom stereocenters. The Balaban J connectivity index is 1.69. The van der Waals surface area contributed by atoms with E-state index in [2.05, 4.69) is 0 Å². The summed E-state index contributed by atoms with van der Waals surface area (Å²) in [5, 5.41) is 0. The van der Waals surface area contributed by atoms with E-state index in [9.17, 15) is 9.59 Å². The normalized spacial score (nSPS) is 18.3. The smallest absolute Gasteiger partial charge is 0.316 e. The summed E-state index contributed by atoms with van der Waals surface area (Å²) in [6.45, 7) is 6.31. The standard InChI is InChI=1S/C21H23NO3/c1-14-8-7-11-19(15(14)2)25-21(24)18-12-20(23)22(13-18)16(3)17-9-5-4-6-10-17/h4-11,16,18H,12-13H2,1-3H3/t16-,18-/m0/s1. The highest BCUT2D eigenvalue weighted by Gasteiger charge is 2.38. The summed E-state index contributed by atoms with van der Waals surface area (Å²) >= 11 is 0. The second-order valence-corrected chi connectivity index (χ2v) is 6.65. The fraction of sp³-hybridized carbons (Fsp3) is 0.333. The molecule has 0 radical (unpaired) electrons. The van der Waals surface area contributed by atoms with E-state index < -0.39 is 5.92 Å². The third-order valence-electron chi connectivity index (χ3n) is 5.01. The predicted molar refractivity (Wildman–Crippen MR) is 96.2 cm³/mol. The number of esters is 1. The van der Waals surface area contributed by atoms with Crippen molar-refractivity contribution in [3.8, 4) is 5.75 Å². The van der Waals surface area contributed by atoms with Gasteiger partial charge in [-0.1, -0.05) is 42.5 Å². The molecule has 2 aromatic carbocycles. The number of nitrogens with zero attached hydrogens (tertiary/aromatic N) is 1. The van der Waals surface area contributed by atoms with Crippen LogP contribution in [0.25, 0.3) is 0 Å². The lowest BCUT2D eigenvalue weighted by Crippen LogP contribution is -2.30. The van der Waals surface area contributed by atoms with E-state index in [0.29, 0.717) is 12.3 Å². The van der Waals surface area contributed by atoms with Crippen LogP contribution in [0.1, 0.15) is 36.1 Å². The summed E-state index contributed by atoms with van der Waals surface area (Å²) in [7, 11) is 0. The molecular formula is C21H23NO3. The molecule has 3 rings (SSSR count). The van der Waals surface area contributed by atoms with Gasteiger partial charge >= 0.3 is 5.97 Å². The minimum absolute atomic E-state index is 0.000678. The maximum atomic E-state index is 12.5. The summed E-state index contributed by atoms with van der Waals surface area (Å²) in [6.07, 6.45) is 0.209. The van der Waals surface area contributed by atoms with E-state index in [-0.39, 0.29) is 24.3 Å². The zero-order valence-electron chi connectivity index (χ0n) is 14.9. The van der Waals surface area contributed by atoms with Gasteiger partial charge in [0.25, 0.3) is 0 Å². The molecule has 0 saturated carbocycles. The number of rotatable bonds is 4. The van der Waals surface area contributed by atoms with E-state index >= 15 is 0 Å². The Bertz CT molecular complexity index is 785. The van der Waals surface area contributed by atoms with Crippen molar-refractivity contribution in [3.63, 3.8) is 0 Å². The SMILES string of the molecule is Cc1cccc(OC(=O)[C@H]2CC(=O)N([C@@H](C)c3ccccc3)C2)c1C. The molecular weight excluding hydrogens is 314 g/mol. The Hall–Kier alpha value is -2.62. The van der Waals surface area contributed by atoms with Gasteiger partial charge in [-0.05, 0) is 43.5 Å². The van der Waals surface area contributed by atoms with Crippen LogP contribution in [-0.2, 0) is 9.59 Å². The molecule has 130 valence electrons. The summed E-state index contributed by atoms with van der Waals surface area (Å²) in [5.41, 5.74) is 3.10. The van der Waals surface area contributed by atoms with E-state index in [4.69, 9.17) is 4.74 Å². The van der Waals surface area contributed by atoms with Crippen molar-refractivity contribution < 1.29 is 14.3 Å². The first-order valence-corrected chi connectivity index (χ1v) is 8.59. The molecule has 2 atom stereocenters. The second kappa shape index (κ2) is 7.09. The molecule has 4 heteroatoms. The monoisotopic (exact) mass is 337 g/mol. The van der Waals surface area contributed by atoms with Gasteiger partial charge in [0.2, 0.25) is 5.91 Å². The molecule has 1 saturated heterocycles. The molecule has 0 N–H and O–H groups in total. The fourth-order valence-electron chi connectivity index (χ4n) is 3.20. The van der Waals surface area contributed by atoms with Crippen molar-refractivity contribution in [3.05, 3.63) is 65.2 Å². The molecule has 1 aliphatic heterocycles. The lowest BCUT2D eigenvalue weighted by molar-refractivity contribution is -0.139. The van der Waals surface area contributed by atoms with Gasteiger partial charge < -0.3 is 9.64 Å². The Morgan fingerprint density at radius 3 is 2.56 bits per heavy atom. The van der Waals surface area contributed by atoms with E-state index in [0.717, 1.165) is 16.7 Å². The molecule has 0 spiro atoms. The van der Waals surface area contributed by atoms with Gasteiger partial charge in [0, 0.05) is 13.0 Å². The third kappa shape index (κ3) is 3.58. The summed E-state index contributed by atoms with van der Waals surface area (Å²) < 4.78 is 5.57. The van der Waals surface area contributed by atoms with Crippen molar-refractivity contribution >= 4 is 11.9 Å². The van der Waals surface area contributed by atoms with Crippen molar-refractivity contribution in [1.82, 2.24) is 4.90 Å². The van der Waals surface area contributed by atoms with Gasteiger partial charge in [-0.2, -0.15) is 0 Å². The van der Waals surface area contributed by atoms with Crippen LogP contribution in [0.2, 0.25) is 0 Å². The second-order valence-electron chi connectivity index (χ2n) is 6.65. The molecule has 1 amide bonds. The quantitative estimate of drug-likeness (QED) is 0.629. The molecule has 0 bridgehead atoms. The number of hydrogen-bond donors (Lipinski definition) is 0. The minimum Gasteiger partial charge on any atom is -0.426 e. The summed E-state index contributed by atoms with van der Waals surface area (Å²) in [6, 6.07) is 15.5. The van der Waals surface area contributed by atoms with Crippen LogP contribution in [0.3, 0.4) is 0 Å². The number of amides is 1. The van der Waals surface area contributed by atoms with E-state index in [1.807, 2.05) is 63.2 Å². The fourth-order valence-corrected chi connectivity index (χ4v) is 3.20. The van der Waals surface area contributed by atoms with Crippen molar-refractivity contribution in [2.24, 2.45) is 5.92 Å². The Morgan fingerprint density at radius 2 is 1.84 bits per heavy atom. The van der Waals surface area contributed by atoms with Crippen LogP contribution in [-0.4, -0.2) is 23.3 Å². The molecule has 1 aliphatic rings. The van der Waals surface area contributed by atoms with E-state index in [1.54, 1.807) is 11.0 Å².